The molecule has 2 saturated heterocycles. The molecule has 0 saturated carbocycles. The molecule has 2 aliphatic rings. The van der Waals surface area contributed by atoms with Crippen molar-refractivity contribution in [2.24, 2.45) is 0 Å². The minimum absolute atomic E-state index is 0.125. The van der Waals surface area contributed by atoms with Gasteiger partial charge in [-0.25, -0.2) is 4.79 Å². The number of carbonyl (C=O) groups excluding carboxylic acids is 1. The molecule has 0 bridgehead atoms. The number of likely N-dealkylation sites (tertiary alicyclic amines) is 2. The molecule has 1 unspecified atom stereocenters. The molecule has 2 aliphatic heterocycles. The van der Waals surface area contributed by atoms with Gasteiger partial charge < -0.3 is 15.1 Å². The zero-order chi connectivity index (χ0) is 16.6. The number of amides is 2. The first-order chi connectivity index (χ1) is 11.8. The van der Waals surface area contributed by atoms with Crippen LogP contribution in [0.25, 0.3) is 0 Å². The third-order valence-corrected chi connectivity index (χ3v) is 5.25. The average molecular weight is 330 g/mol. The number of urea groups is 1. The van der Waals surface area contributed by atoms with Crippen molar-refractivity contribution in [2.75, 3.05) is 32.7 Å². The molecule has 0 aromatic carbocycles. The lowest BCUT2D eigenvalue weighted by Crippen LogP contribution is -2.50. The third kappa shape index (κ3) is 4.94. The van der Waals surface area contributed by atoms with Crippen molar-refractivity contribution >= 4 is 6.03 Å². The van der Waals surface area contributed by atoms with E-state index in [4.69, 9.17) is 0 Å². The van der Waals surface area contributed by atoms with Crippen LogP contribution in [0.15, 0.2) is 24.4 Å². The largest absolute Gasteiger partial charge is 0.337 e. The molecular formula is C19H30N4O. The van der Waals surface area contributed by atoms with Gasteiger partial charge >= 0.3 is 6.03 Å². The Kier molecular flexibility index (Phi) is 6.47. The summed E-state index contributed by atoms with van der Waals surface area (Å²) < 4.78 is 0. The lowest BCUT2D eigenvalue weighted by atomic mass is 9.97. The average Bonchev–Trinajstić information content (AvgIpc) is 3.14. The summed E-state index contributed by atoms with van der Waals surface area (Å²) in [5.74, 6) is 0. The van der Waals surface area contributed by atoms with Crippen molar-refractivity contribution in [1.29, 1.82) is 0 Å². The predicted molar refractivity (Wildman–Crippen MR) is 96.0 cm³/mol. The molecule has 132 valence electrons. The van der Waals surface area contributed by atoms with Gasteiger partial charge in [-0.1, -0.05) is 6.07 Å². The maximum atomic E-state index is 12.6. The van der Waals surface area contributed by atoms with Gasteiger partial charge in [-0.2, -0.15) is 0 Å². The Labute approximate surface area is 145 Å². The molecule has 0 aliphatic carbocycles. The molecule has 3 heterocycles. The summed E-state index contributed by atoms with van der Waals surface area (Å²) in [6.07, 6.45) is 9.88. The first kappa shape index (κ1) is 17.2. The number of nitrogens with zero attached hydrogens (tertiary/aromatic N) is 3. The molecule has 1 atom stereocenters. The van der Waals surface area contributed by atoms with E-state index in [1.807, 2.05) is 18.3 Å². The minimum Gasteiger partial charge on any atom is -0.337 e. The number of pyridine rings is 1. The van der Waals surface area contributed by atoms with Crippen LogP contribution >= 0.6 is 0 Å². The Morgan fingerprint density at radius 3 is 2.79 bits per heavy atom. The van der Waals surface area contributed by atoms with Crippen molar-refractivity contribution < 1.29 is 4.79 Å². The lowest BCUT2D eigenvalue weighted by Gasteiger charge is -2.36. The standard InChI is InChI=1S/C19H30N4O/c24-19(21-12-16-22-13-5-6-14-22)23-15-4-2-8-18(23)10-9-17-7-1-3-11-20-17/h1,3,7,11,18H,2,4-6,8-10,12-16H2,(H,21,24). The maximum absolute atomic E-state index is 12.6. The first-order valence-corrected chi connectivity index (χ1v) is 9.49. The first-order valence-electron chi connectivity index (χ1n) is 9.49. The summed E-state index contributed by atoms with van der Waals surface area (Å²) in [5, 5.41) is 3.14. The van der Waals surface area contributed by atoms with Crippen LogP contribution < -0.4 is 5.32 Å². The summed E-state index contributed by atoms with van der Waals surface area (Å²) >= 11 is 0. The van der Waals surface area contributed by atoms with Crippen molar-refractivity contribution in [3.63, 3.8) is 0 Å². The minimum atomic E-state index is 0.125. The molecule has 3 rings (SSSR count). The molecule has 1 aromatic rings. The number of aryl methyl sites for hydroxylation is 1. The van der Waals surface area contributed by atoms with Crippen molar-refractivity contribution in [3.05, 3.63) is 30.1 Å². The topological polar surface area (TPSA) is 48.5 Å². The molecular weight excluding hydrogens is 300 g/mol. The number of hydrogen-bond donors (Lipinski definition) is 1. The Bertz CT molecular complexity index is 501. The fraction of sp³-hybridized carbons (Fsp3) is 0.684. The fourth-order valence-electron chi connectivity index (χ4n) is 3.86. The van der Waals surface area contributed by atoms with E-state index in [0.29, 0.717) is 6.04 Å². The second kappa shape index (κ2) is 9.02. The SMILES string of the molecule is O=C(NCCN1CCCC1)N1CCCCC1CCc1ccccn1. The molecule has 0 radical (unpaired) electrons. The normalized spacial score (nSPS) is 21.8. The van der Waals surface area contributed by atoms with E-state index in [1.54, 1.807) is 0 Å². The number of hydrogen-bond acceptors (Lipinski definition) is 3. The number of rotatable bonds is 6. The van der Waals surface area contributed by atoms with Gasteiger partial charge in [0.15, 0.2) is 0 Å². The van der Waals surface area contributed by atoms with E-state index in [-0.39, 0.29) is 6.03 Å². The van der Waals surface area contributed by atoms with E-state index >= 15 is 0 Å². The van der Waals surface area contributed by atoms with Crippen LogP contribution in [-0.2, 0) is 6.42 Å². The van der Waals surface area contributed by atoms with Gasteiger partial charge in [0.1, 0.15) is 0 Å². The summed E-state index contributed by atoms with van der Waals surface area (Å²) in [6.45, 7) is 5.02. The van der Waals surface area contributed by atoms with Gasteiger partial charge in [-0.15, -0.1) is 0 Å². The number of carbonyl (C=O) groups is 1. The van der Waals surface area contributed by atoms with E-state index < -0.39 is 0 Å². The molecule has 1 N–H and O–H groups in total. The maximum Gasteiger partial charge on any atom is 0.317 e. The Balaban J connectivity index is 1.44. The molecule has 24 heavy (non-hydrogen) atoms. The molecule has 0 spiro atoms. The van der Waals surface area contributed by atoms with Gasteiger partial charge in [0, 0.05) is 37.6 Å². The Morgan fingerprint density at radius 1 is 1.17 bits per heavy atom. The summed E-state index contributed by atoms with van der Waals surface area (Å²) in [7, 11) is 0. The van der Waals surface area contributed by atoms with Crippen LogP contribution in [0.5, 0.6) is 0 Å². The zero-order valence-electron chi connectivity index (χ0n) is 14.6. The highest BCUT2D eigenvalue weighted by Gasteiger charge is 2.26. The van der Waals surface area contributed by atoms with Crippen LogP contribution in [0, 0.1) is 0 Å². The molecule has 5 heteroatoms. The Morgan fingerprint density at radius 2 is 2.00 bits per heavy atom. The quantitative estimate of drug-likeness (QED) is 0.872. The van der Waals surface area contributed by atoms with E-state index in [1.165, 1.54) is 32.4 Å². The van der Waals surface area contributed by atoms with Crippen molar-refractivity contribution in [3.8, 4) is 0 Å². The monoisotopic (exact) mass is 330 g/mol. The van der Waals surface area contributed by atoms with E-state index in [9.17, 15) is 4.79 Å². The highest BCUT2D eigenvalue weighted by molar-refractivity contribution is 5.74. The van der Waals surface area contributed by atoms with Gasteiger partial charge in [0.05, 0.1) is 0 Å². The lowest BCUT2D eigenvalue weighted by molar-refractivity contribution is 0.145. The van der Waals surface area contributed by atoms with Crippen LogP contribution in [0.2, 0.25) is 0 Å². The summed E-state index contributed by atoms with van der Waals surface area (Å²) in [5.41, 5.74) is 1.12. The molecule has 5 nitrogen and oxygen atoms in total. The third-order valence-electron chi connectivity index (χ3n) is 5.25. The predicted octanol–water partition coefficient (Wildman–Crippen LogP) is 2.67. The zero-order valence-corrected chi connectivity index (χ0v) is 14.6. The molecule has 2 fully saturated rings. The second-order valence-corrected chi connectivity index (χ2v) is 6.98. The Hall–Kier alpha value is -1.62. The van der Waals surface area contributed by atoms with Gasteiger partial charge in [-0.05, 0) is 70.2 Å². The number of nitrogens with one attached hydrogen (secondary N) is 1. The molecule has 2 amide bonds. The number of piperidine rings is 1. The van der Waals surface area contributed by atoms with Gasteiger partial charge in [0.2, 0.25) is 0 Å². The second-order valence-electron chi connectivity index (χ2n) is 6.98. The van der Waals surface area contributed by atoms with Crippen LogP contribution in [-0.4, -0.2) is 59.6 Å². The smallest absolute Gasteiger partial charge is 0.317 e. The molecule has 1 aromatic heterocycles. The van der Waals surface area contributed by atoms with Gasteiger partial charge in [0.25, 0.3) is 0 Å². The van der Waals surface area contributed by atoms with E-state index in [2.05, 4.69) is 26.2 Å². The van der Waals surface area contributed by atoms with Crippen molar-refractivity contribution in [1.82, 2.24) is 20.1 Å². The van der Waals surface area contributed by atoms with Gasteiger partial charge in [-0.3, -0.25) is 4.98 Å². The highest BCUT2D eigenvalue weighted by atomic mass is 16.2. The van der Waals surface area contributed by atoms with Crippen LogP contribution in [0.3, 0.4) is 0 Å². The van der Waals surface area contributed by atoms with Crippen molar-refractivity contribution in [2.45, 2.75) is 51.0 Å². The van der Waals surface area contributed by atoms with E-state index in [0.717, 1.165) is 51.0 Å². The summed E-state index contributed by atoms with van der Waals surface area (Å²) in [6, 6.07) is 6.53. The number of aromatic nitrogens is 1. The van der Waals surface area contributed by atoms with Crippen LogP contribution in [0.1, 0.15) is 44.2 Å². The fourth-order valence-corrected chi connectivity index (χ4v) is 3.86. The summed E-state index contributed by atoms with van der Waals surface area (Å²) in [4.78, 5) is 21.5. The highest BCUT2D eigenvalue weighted by Crippen LogP contribution is 2.21. The van der Waals surface area contributed by atoms with Crippen LogP contribution in [0.4, 0.5) is 4.79 Å².